The van der Waals surface area contributed by atoms with Crippen molar-refractivity contribution in [3.63, 3.8) is 0 Å². The highest BCUT2D eigenvalue weighted by atomic mass is 19.4. The molecule has 2 unspecified atom stereocenters. The summed E-state index contributed by atoms with van der Waals surface area (Å²) in [6, 6.07) is 0. The van der Waals surface area contributed by atoms with E-state index in [-0.39, 0.29) is 23.2 Å². The van der Waals surface area contributed by atoms with Gasteiger partial charge in [0.1, 0.15) is 6.10 Å². The van der Waals surface area contributed by atoms with Crippen molar-refractivity contribution in [2.45, 2.75) is 116 Å². The van der Waals surface area contributed by atoms with Crippen LogP contribution in [0, 0.1) is 46.3 Å². The van der Waals surface area contributed by atoms with Crippen LogP contribution in [-0.2, 0) is 0 Å². The van der Waals surface area contributed by atoms with Gasteiger partial charge in [-0.2, -0.15) is 13.2 Å². The van der Waals surface area contributed by atoms with Gasteiger partial charge in [0.15, 0.2) is 0 Å². The van der Waals surface area contributed by atoms with E-state index in [2.05, 4.69) is 20.8 Å². The molecule has 0 amide bonds. The number of alkyl halides is 3. The van der Waals surface area contributed by atoms with Gasteiger partial charge < -0.3 is 15.3 Å². The number of hydrogen-bond acceptors (Lipinski definition) is 3. The molecule has 0 spiro atoms. The number of aliphatic hydroxyl groups is 3. The van der Waals surface area contributed by atoms with Crippen molar-refractivity contribution in [2.24, 2.45) is 46.3 Å². The molecule has 4 fully saturated rings. The Morgan fingerprint density at radius 3 is 2.16 bits per heavy atom. The maximum atomic E-state index is 12.6. The van der Waals surface area contributed by atoms with E-state index in [1.54, 1.807) is 0 Å². The fourth-order valence-corrected chi connectivity index (χ4v) is 9.29. The van der Waals surface area contributed by atoms with Crippen molar-refractivity contribution in [2.75, 3.05) is 0 Å². The third-order valence-corrected chi connectivity index (χ3v) is 11.0. The summed E-state index contributed by atoms with van der Waals surface area (Å²) < 4.78 is 37.9. The van der Waals surface area contributed by atoms with Crippen LogP contribution in [0.2, 0.25) is 0 Å². The average molecular weight is 461 g/mol. The standard InChI is InChI=1S/C26H43F3O3/c1-15(5-4-6-22(31)26(27,28)29)17-9-10-18-16-7-8-20-23(32)21(30)12-14-25(20,3)19(16)11-13-24(17,18)2/h15-23,30-32H,4-14H2,1-3H3/t15?,16-,17+,18-,19-,20-,21-,22?,23+,24+,25+/m0/s1. The monoisotopic (exact) mass is 460 g/mol. The lowest BCUT2D eigenvalue weighted by Crippen LogP contribution is -2.58. The van der Waals surface area contributed by atoms with Crippen molar-refractivity contribution in [3.05, 3.63) is 0 Å². The smallest absolute Gasteiger partial charge is 0.390 e. The maximum Gasteiger partial charge on any atom is 0.414 e. The van der Waals surface area contributed by atoms with Crippen LogP contribution in [0.5, 0.6) is 0 Å². The Kier molecular flexibility index (Phi) is 6.75. The summed E-state index contributed by atoms with van der Waals surface area (Å²) in [5.41, 5.74) is 0.361. The number of rotatable bonds is 5. The van der Waals surface area contributed by atoms with Gasteiger partial charge >= 0.3 is 6.18 Å². The van der Waals surface area contributed by atoms with Crippen LogP contribution in [-0.4, -0.2) is 39.8 Å². The van der Waals surface area contributed by atoms with Crippen LogP contribution < -0.4 is 0 Å². The average Bonchev–Trinajstić information content (AvgIpc) is 3.07. The van der Waals surface area contributed by atoms with Gasteiger partial charge in [-0.1, -0.05) is 33.6 Å². The molecule has 0 aromatic rings. The Hall–Kier alpha value is -0.330. The van der Waals surface area contributed by atoms with Gasteiger partial charge in [-0.15, -0.1) is 0 Å². The quantitative estimate of drug-likeness (QED) is 0.493. The van der Waals surface area contributed by atoms with Crippen LogP contribution in [0.1, 0.15) is 91.4 Å². The Morgan fingerprint density at radius 2 is 1.47 bits per heavy atom. The third-order valence-electron chi connectivity index (χ3n) is 11.0. The summed E-state index contributed by atoms with van der Waals surface area (Å²) in [5, 5.41) is 30.3. The molecule has 32 heavy (non-hydrogen) atoms. The number of aliphatic hydroxyl groups excluding tert-OH is 3. The van der Waals surface area contributed by atoms with Crippen molar-refractivity contribution in [3.8, 4) is 0 Å². The molecule has 6 heteroatoms. The summed E-state index contributed by atoms with van der Waals surface area (Å²) in [6.07, 6.45) is 1.64. The first-order valence-electron chi connectivity index (χ1n) is 13.0. The normalized spacial score (nSPS) is 48.5. The SMILES string of the molecule is CC(CCCC(O)C(F)(F)F)[C@H]1CC[C@H]2[C@@H]3CC[C@H]4[C@@H](O)[C@@H](O)CC[C@]4(C)[C@H]3CC[C@]12C. The van der Waals surface area contributed by atoms with E-state index in [1.165, 1.54) is 19.3 Å². The molecule has 0 aromatic heterocycles. The van der Waals surface area contributed by atoms with Gasteiger partial charge in [0.05, 0.1) is 12.2 Å². The van der Waals surface area contributed by atoms with E-state index in [1.807, 2.05) is 0 Å². The van der Waals surface area contributed by atoms with Gasteiger partial charge in [0.2, 0.25) is 0 Å². The number of fused-ring (bicyclic) bond motifs is 5. The topological polar surface area (TPSA) is 60.7 Å². The van der Waals surface area contributed by atoms with Crippen LogP contribution in [0.25, 0.3) is 0 Å². The maximum absolute atomic E-state index is 12.6. The molecule has 0 heterocycles. The largest absolute Gasteiger partial charge is 0.414 e. The molecule has 4 aliphatic rings. The molecule has 11 atom stereocenters. The van der Waals surface area contributed by atoms with E-state index < -0.39 is 24.5 Å². The lowest BCUT2D eigenvalue weighted by molar-refractivity contribution is -0.205. The predicted octanol–water partition coefficient (Wildman–Crippen LogP) is 5.71. The minimum Gasteiger partial charge on any atom is -0.390 e. The molecule has 0 aromatic carbocycles. The van der Waals surface area contributed by atoms with Crippen LogP contribution in [0.3, 0.4) is 0 Å². The van der Waals surface area contributed by atoms with Crippen LogP contribution in [0.4, 0.5) is 13.2 Å². The molecule has 0 radical (unpaired) electrons. The second-order valence-electron chi connectivity index (χ2n) is 12.4. The zero-order chi connectivity index (χ0) is 23.5. The van der Waals surface area contributed by atoms with E-state index in [0.29, 0.717) is 42.4 Å². The van der Waals surface area contributed by atoms with Crippen molar-refractivity contribution >= 4 is 0 Å². The van der Waals surface area contributed by atoms with Gasteiger partial charge in [-0.3, -0.25) is 0 Å². The third kappa shape index (κ3) is 4.04. The van der Waals surface area contributed by atoms with E-state index >= 15 is 0 Å². The lowest BCUT2D eigenvalue weighted by atomic mass is 9.44. The first kappa shape index (κ1) is 24.8. The zero-order valence-corrected chi connectivity index (χ0v) is 19.9. The molecule has 4 aliphatic carbocycles. The molecular weight excluding hydrogens is 417 g/mol. The molecule has 4 saturated carbocycles. The molecular formula is C26H43F3O3. The highest BCUT2D eigenvalue weighted by molar-refractivity contribution is 5.11. The Morgan fingerprint density at radius 1 is 0.844 bits per heavy atom. The molecule has 3 N–H and O–H groups in total. The Labute approximate surface area is 191 Å². The molecule has 3 nitrogen and oxygen atoms in total. The molecule has 186 valence electrons. The number of hydrogen-bond donors (Lipinski definition) is 3. The molecule has 0 bridgehead atoms. The lowest BCUT2D eigenvalue weighted by Gasteiger charge is -2.62. The van der Waals surface area contributed by atoms with Crippen LogP contribution >= 0.6 is 0 Å². The summed E-state index contributed by atoms with van der Waals surface area (Å²) >= 11 is 0. The Balaban J connectivity index is 1.42. The fourth-order valence-electron chi connectivity index (χ4n) is 9.29. The second kappa shape index (κ2) is 8.71. The first-order valence-corrected chi connectivity index (χ1v) is 13.0. The number of halogens is 3. The van der Waals surface area contributed by atoms with Gasteiger partial charge in [0, 0.05) is 0 Å². The summed E-state index contributed by atoms with van der Waals surface area (Å²) in [6.45, 7) is 7.02. The summed E-state index contributed by atoms with van der Waals surface area (Å²) in [4.78, 5) is 0. The molecule has 4 rings (SSSR count). The van der Waals surface area contributed by atoms with Gasteiger partial charge in [-0.05, 0) is 104 Å². The summed E-state index contributed by atoms with van der Waals surface area (Å²) in [7, 11) is 0. The summed E-state index contributed by atoms with van der Waals surface area (Å²) in [5.74, 6) is 3.06. The van der Waals surface area contributed by atoms with Crippen LogP contribution in [0.15, 0.2) is 0 Å². The zero-order valence-electron chi connectivity index (χ0n) is 19.9. The van der Waals surface area contributed by atoms with E-state index in [9.17, 15) is 28.5 Å². The van der Waals surface area contributed by atoms with Crippen molar-refractivity contribution in [1.29, 1.82) is 0 Å². The second-order valence-corrected chi connectivity index (χ2v) is 12.4. The van der Waals surface area contributed by atoms with E-state index in [0.717, 1.165) is 32.1 Å². The fraction of sp³-hybridized carbons (Fsp3) is 1.00. The van der Waals surface area contributed by atoms with Gasteiger partial charge in [0.25, 0.3) is 0 Å². The molecule has 0 saturated heterocycles. The molecule has 0 aliphatic heterocycles. The highest BCUT2D eigenvalue weighted by Crippen LogP contribution is 2.68. The van der Waals surface area contributed by atoms with E-state index in [4.69, 9.17) is 0 Å². The van der Waals surface area contributed by atoms with Crippen molar-refractivity contribution < 1.29 is 28.5 Å². The first-order chi connectivity index (χ1) is 14.9. The predicted molar refractivity (Wildman–Crippen MR) is 118 cm³/mol. The van der Waals surface area contributed by atoms with Crippen molar-refractivity contribution in [1.82, 2.24) is 0 Å². The highest BCUT2D eigenvalue weighted by Gasteiger charge is 2.61. The minimum atomic E-state index is -4.51. The van der Waals surface area contributed by atoms with Gasteiger partial charge in [-0.25, -0.2) is 0 Å². The minimum absolute atomic E-state index is 0.111. The Bertz CT molecular complexity index is 669.